The lowest BCUT2D eigenvalue weighted by atomic mass is 10.2. The molecule has 160 valence electrons. The van der Waals surface area contributed by atoms with Gasteiger partial charge in [-0.25, -0.2) is 17.8 Å². The maximum absolute atomic E-state index is 12.0. The molecule has 31 heavy (non-hydrogen) atoms. The maximum Gasteiger partial charge on any atom is 0.264 e. The van der Waals surface area contributed by atoms with E-state index in [9.17, 15) is 13.2 Å². The van der Waals surface area contributed by atoms with Crippen LogP contribution in [0.3, 0.4) is 0 Å². The van der Waals surface area contributed by atoms with Crippen LogP contribution < -0.4 is 10.5 Å². The number of nitrogen functional groups attached to an aromatic ring is 1. The van der Waals surface area contributed by atoms with Gasteiger partial charge in [0, 0.05) is 18.9 Å². The Morgan fingerprint density at radius 1 is 1.16 bits per heavy atom. The first-order valence-corrected chi connectivity index (χ1v) is 11.5. The first-order valence-electron chi connectivity index (χ1n) is 8.85. The minimum absolute atomic E-state index is 0.0541. The van der Waals surface area contributed by atoms with Gasteiger partial charge in [-0.15, -0.1) is 9.63 Å². The van der Waals surface area contributed by atoms with Crippen LogP contribution in [0, 0.1) is 6.92 Å². The molecule has 1 heterocycles. The van der Waals surface area contributed by atoms with Crippen molar-refractivity contribution in [3.63, 3.8) is 0 Å². The van der Waals surface area contributed by atoms with Crippen LogP contribution in [0.5, 0.6) is 0 Å². The quantitative estimate of drug-likeness (QED) is 0.316. The Hall–Kier alpha value is -3.09. The number of sulfonamides is 1. The van der Waals surface area contributed by atoms with Crippen molar-refractivity contribution in [2.24, 2.45) is 9.63 Å². The van der Waals surface area contributed by atoms with E-state index in [0.29, 0.717) is 27.0 Å². The van der Waals surface area contributed by atoms with Gasteiger partial charge in [-0.2, -0.15) is 5.10 Å². The number of nitrogens with zero attached hydrogens (tertiary/aromatic N) is 4. The Morgan fingerprint density at radius 2 is 1.81 bits per heavy atom. The summed E-state index contributed by atoms with van der Waals surface area (Å²) in [6, 6.07) is 15.0. The van der Waals surface area contributed by atoms with Gasteiger partial charge in [0.1, 0.15) is 10.0 Å². The lowest BCUT2D eigenvalue weighted by Crippen LogP contribution is -2.28. The predicted octanol–water partition coefficient (Wildman–Crippen LogP) is 3.70. The number of amides is 1. The van der Waals surface area contributed by atoms with E-state index in [4.69, 9.17) is 18.0 Å². The SMILES string of the molecule is CC(=O)NS(=O)(=O)c1ccc(N=NSC(=S)c2c(C)nn(-c3ccccc3)c2N)cc1. The lowest BCUT2D eigenvalue weighted by molar-refractivity contribution is -0.117. The van der Waals surface area contributed by atoms with Crippen molar-refractivity contribution >= 4 is 55.8 Å². The molecule has 1 aromatic heterocycles. The predicted molar refractivity (Wildman–Crippen MR) is 124 cm³/mol. The van der Waals surface area contributed by atoms with Crippen LogP contribution in [0.4, 0.5) is 11.5 Å². The number of rotatable bonds is 6. The van der Waals surface area contributed by atoms with Crippen LogP contribution in [-0.4, -0.2) is 28.3 Å². The smallest absolute Gasteiger partial charge is 0.264 e. The zero-order valence-corrected chi connectivity index (χ0v) is 19.0. The molecule has 0 spiro atoms. The normalized spacial score (nSPS) is 11.5. The maximum atomic E-state index is 12.0. The van der Waals surface area contributed by atoms with Gasteiger partial charge in [0.05, 0.1) is 27.5 Å². The van der Waals surface area contributed by atoms with Gasteiger partial charge in [-0.3, -0.25) is 4.79 Å². The number of benzene rings is 2. The van der Waals surface area contributed by atoms with Gasteiger partial charge in [-0.05, 0) is 43.3 Å². The van der Waals surface area contributed by atoms with Gasteiger partial charge in [0.2, 0.25) is 5.91 Å². The summed E-state index contributed by atoms with van der Waals surface area (Å²) in [5.41, 5.74) is 8.77. The molecule has 1 amide bonds. The zero-order chi connectivity index (χ0) is 22.6. The highest BCUT2D eigenvalue weighted by atomic mass is 32.2. The Balaban J connectivity index is 1.71. The van der Waals surface area contributed by atoms with Gasteiger partial charge < -0.3 is 5.73 Å². The number of carbonyl (C=O) groups is 1. The fourth-order valence-electron chi connectivity index (χ4n) is 2.65. The second kappa shape index (κ2) is 9.37. The van der Waals surface area contributed by atoms with E-state index in [1.165, 1.54) is 24.3 Å². The number of para-hydroxylation sites is 1. The van der Waals surface area contributed by atoms with Crippen molar-refractivity contribution in [1.29, 1.82) is 0 Å². The zero-order valence-electron chi connectivity index (χ0n) is 16.5. The van der Waals surface area contributed by atoms with Crippen LogP contribution in [0.25, 0.3) is 5.69 Å². The molecule has 0 bridgehead atoms. The van der Waals surface area contributed by atoms with Crippen molar-refractivity contribution < 1.29 is 13.2 Å². The molecule has 3 rings (SSSR count). The first kappa shape index (κ1) is 22.6. The number of thiocarbonyl (C=S) groups is 1. The summed E-state index contributed by atoms with van der Waals surface area (Å²) in [6.45, 7) is 2.93. The van der Waals surface area contributed by atoms with E-state index in [2.05, 4.69) is 14.7 Å². The van der Waals surface area contributed by atoms with Gasteiger partial charge in [0.15, 0.2) is 0 Å². The number of carbonyl (C=O) groups excluding carboxylic acids is 1. The van der Waals surface area contributed by atoms with E-state index in [0.717, 1.165) is 24.6 Å². The second-order valence-electron chi connectivity index (χ2n) is 6.31. The average Bonchev–Trinajstić information content (AvgIpc) is 3.02. The van der Waals surface area contributed by atoms with E-state index in [1.54, 1.807) is 4.68 Å². The molecule has 0 saturated carbocycles. The minimum atomic E-state index is -3.90. The minimum Gasteiger partial charge on any atom is -0.383 e. The molecule has 3 N–H and O–H groups in total. The average molecular weight is 475 g/mol. The molecule has 9 nitrogen and oxygen atoms in total. The number of nitrogens with two attached hydrogens (primary N) is 1. The molecular formula is C19H18N6O3S3. The summed E-state index contributed by atoms with van der Waals surface area (Å²) in [5, 5.41) is 8.48. The van der Waals surface area contributed by atoms with Crippen LogP contribution in [-0.2, 0) is 14.8 Å². The number of hydrogen-bond acceptors (Lipinski definition) is 9. The summed E-state index contributed by atoms with van der Waals surface area (Å²) in [7, 11) is -3.90. The van der Waals surface area contributed by atoms with Crippen molar-refractivity contribution in [2.75, 3.05) is 5.73 Å². The fourth-order valence-corrected chi connectivity index (χ4v) is 4.55. The number of hydrogen-bond donors (Lipinski definition) is 2. The van der Waals surface area contributed by atoms with Crippen molar-refractivity contribution in [2.45, 2.75) is 18.7 Å². The van der Waals surface area contributed by atoms with E-state index < -0.39 is 15.9 Å². The third-order valence-corrected chi connectivity index (χ3v) is 6.42. The Bertz CT molecular complexity index is 1250. The molecule has 0 radical (unpaired) electrons. The molecule has 0 aliphatic carbocycles. The molecule has 12 heteroatoms. The molecule has 0 aliphatic rings. The van der Waals surface area contributed by atoms with Gasteiger partial charge in [0.25, 0.3) is 10.0 Å². The molecule has 0 atom stereocenters. The molecule has 0 saturated heterocycles. The highest BCUT2D eigenvalue weighted by Gasteiger charge is 2.18. The van der Waals surface area contributed by atoms with Crippen molar-refractivity contribution in [3.05, 3.63) is 65.9 Å². The summed E-state index contributed by atoms with van der Waals surface area (Å²) in [6.07, 6.45) is 0. The molecule has 0 fully saturated rings. The molecule has 0 unspecified atom stereocenters. The number of aromatic nitrogens is 2. The molecule has 2 aromatic carbocycles. The summed E-state index contributed by atoms with van der Waals surface area (Å²) >= 11 is 6.40. The van der Waals surface area contributed by atoms with Crippen LogP contribution in [0.2, 0.25) is 0 Å². The Morgan fingerprint density at radius 3 is 2.42 bits per heavy atom. The standard InChI is InChI=1S/C19H18N6O3S3/c1-12-17(18(20)25(22-12)15-6-4-3-5-7-15)19(29)30-24-21-14-8-10-16(11-9-14)31(27,28)23-13(2)26/h3-11H,20H2,1-2H3,(H,23,26). The van der Waals surface area contributed by atoms with Crippen molar-refractivity contribution in [3.8, 4) is 5.69 Å². The number of anilines is 1. The number of nitrogens with one attached hydrogen (secondary N) is 1. The summed E-state index contributed by atoms with van der Waals surface area (Å²) in [4.78, 5) is 10.9. The largest absolute Gasteiger partial charge is 0.383 e. The molecule has 3 aromatic rings. The monoisotopic (exact) mass is 474 g/mol. The fraction of sp³-hybridized carbons (Fsp3) is 0.105. The van der Waals surface area contributed by atoms with Crippen LogP contribution in [0.15, 0.2) is 69.1 Å². The van der Waals surface area contributed by atoms with Crippen LogP contribution in [0.1, 0.15) is 18.2 Å². The summed E-state index contributed by atoms with van der Waals surface area (Å²) in [5.74, 6) is -0.261. The topological polar surface area (TPSA) is 132 Å². The second-order valence-corrected chi connectivity index (χ2v) is 9.41. The molecular weight excluding hydrogens is 456 g/mol. The third-order valence-electron chi connectivity index (χ3n) is 4.01. The van der Waals surface area contributed by atoms with E-state index in [1.807, 2.05) is 42.0 Å². The Kier molecular flexibility index (Phi) is 6.83. The lowest BCUT2D eigenvalue weighted by Gasteiger charge is -2.04. The van der Waals surface area contributed by atoms with E-state index in [-0.39, 0.29) is 4.90 Å². The Labute approximate surface area is 188 Å². The third kappa shape index (κ3) is 5.34. The van der Waals surface area contributed by atoms with E-state index >= 15 is 0 Å². The van der Waals surface area contributed by atoms with Crippen molar-refractivity contribution in [1.82, 2.24) is 14.5 Å². The van der Waals surface area contributed by atoms with Gasteiger partial charge in [-0.1, -0.05) is 30.4 Å². The summed E-state index contributed by atoms with van der Waals surface area (Å²) < 4.78 is 31.8. The van der Waals surface area contributed by atoms with Gasteiger partial charge >= 0.3 is 0 Å². The number of aryl methyl sites for hydroxylation is 1. The van der Waals surface area contributed by atoms with Crippen LogP contribution >= 0.6 is 24.2 Å². The molecule has 0 aliphatic heterocycles. The highest BCUT2D eigenvalue weighted by molar-refractivity contribution is 8.22. The first-order chi connectivity index (χ1) is 14.7. The highest BCUT2D eigenvalue weighted by Crippen LogP contribution is 2.27.